The van der Waals surface area contributed by atoms with E-state index in [0.29, 0.717) is 5.75 Å². The number of carboxylic acids is 1. The lowest BCUT2D eigenvalue weighted by Crippen LogP contribution is -2.49. The third-order valence-electron chi connectivity index (χ3n) is 5.63. The molecule has 2 aromatic carbocycles. The Morgan fingerprint density at radius 2 is 1.79 bits per heavy atom. The van der Waals surface area contributed by atoms with E-state index in [1.54, 1.807) is 18.2 Å². The molecule has 0 radical (unpaired) electrons. The van der Waals surface area contributed by atoms with Crippen molar-refractivity contribution in [3.63, 3.8) is 0 Å². The molecule has 2 atom stereocenters. The van der Waals surface area contributed by atoms with E-state index in [1.807, 2.05) is 54.7 Å². The molecule has 0 aliphatic carbocycles. The van der Waals surface area contributed by atoms with Crippen molar-refractivity contribution < 1.29 is 29.3 Å². The topological polar surface area (TPSA) is 168 Å². The number of amides is 2. The van der Waals surface area contributed by atoms with E-state index in [1.165, 1.54) is 24.3 Å². The lowest BCUT2D eigenvalue weighted by atomic mass is 10.0. The molecule has 0 aliphatic heterocycles. The van der Waals surface area contributed by atoms with Gasteiger partial charge in [-0.05, 0) is 60.5 Å². The number of carbonyl (C=O) groups is 3. The number of ether oxygens (including phenoxy) is 1. The smallest absolute Gasteiger partial charge is 0.328 e. The first-order valence-electron chi connectivity index (χ1n) is 11.9. The molecule has 6 N–H and O–H groups in total. The molecule has 2 aromatic heterocycles. The number of H-pyrrole nitrogens is 1. The fraction of sp³-hybridized carbons (Fsp3) is 0.143. The summed E-state index contributed by atoms with van der Waals surface area (Å²) in [7, 11) is 0. The molecule has 0 saturated carbocycles. The molecule has 4 rings (SSSR count). The van der Waals surface area contributed by atoms with E-state index in [0.717, 1.165) is 38.0 Å². The van der Waals surface area contributed by atoms with Gasteiger partial charge in [0.2, 0.25) is 5.91 Å². The second-order valence-corrected chi connectivity index (χ2v) is 9.57. The van der Waals surface area contributed by atoms with Crippen molar-refractivity contribution in [1.29, 1.82) is 0 Å². The predicted molar refractivity (Wildman–Crippen MR) is 148 cm³/mol. The molecular formula is C28H26N4O6S. The number of benzene rings is 2. The number of aliphatic hydroxyl groups excluding tert-OH is 1. The Balaban J connectivity index is 1.55. The molecule has 200 valence electrons. The van der Waals surface area contributed by atoms with Gasteiger partial charge in [0, 0.05) is 17.8 Å². The van der Waals surface area contributed by atoms with Crippen molar-refractivity contribution in [2.24, 2.45) is 5.73 Å². The lowest BCUT2D eigenvalue weighted by molar-refractivity contribution is -0.145. The van der Waals surface area contributed by atoms with Crippen molar-refractivity contribution in [3.05, 3.63) is 78.5 Å². The maximum atomic E-state index is 12.1. The van der Waals surface area contributed by atoms with E-state index < -0.39 is 36.5 Å². The molecule has 0 bridgehead atoms. The van der Waals surface area contributed by atoms with Crippen LogP contribution in [-0.2, 0) is 14.4 Å². The Morgan fingerprint density at radius 3 is 2.38 bits per heavy atom. The maximum absolute atomic E-state index is 12.1. The Morgan fingerprint density at radius 1 is 1.10 bits per heavy atom. The van der Waals surface area contributed by atoms with Crippen molar-refractivity contribution >= 4 is 35.2 Å². The number of primary amides is 1. The first kappa shape index (κ1) is 27.3. The van der Waals surface area contributed by atoms with Crippen LogP contribution in [0.15, 0.2) is 72.9 Å². The summed E-state index contributed by atoms with van der Waals surface area (Å²) in [4.78, 5) is 43.3. The van der Waals surface area contributed by atoms with E-state index in [2.05, 4.69) is 10.3 Å². The number of thiazole rings is 1. The minimum absolute atomic E-state index is 0.407. The van der Waals surface area contributed by atoms with Gasteiger partial charge in [0.25, 0.3) is 5.91 Å². The zero-order valence-corrected chi connectivity index (χ0v) is 21.6. The van der Waals surface area contributed by atoms with Crippen LogP contribution in [0, 0.1) is 0 Å². The largest absolute Gasteiger partial charge is 0.484 e. The highest BCUT2D eigenvalue weighted by Gasteiger charge is 2.25. The molecule has 4 aromatic rings. The summed E-state index contributed by atoms with van der Waals surface area (Å²) >= 11 is 1.53. The molecule has 0 spiro atoms. The number of nitrogens with zero attached hydrogens (tertiary/aromatic N) is 1. The first-order chi connectivity index (χ1) is 18.7. The number of aliphatic carboxylic acids is 1. The summed E-state index contributed by atoms with van der Waals surface area (Å²) in [5.74, 6) is -2.11. The predicted octanol–water partition coefficient (Wildman–Crippen LogP) is 3.30. The SMILES string of the molecule is CC(O)[C@H](NC(=O)COc1ccc(-c2nc(-c3ccc[nH]3)sc2-c2ccc(/C=C/C(N)=O)cc2)cc1)C(=O)O. The molecule has 11 heteroatoms. The van der Waals surface area contributed by atoms with Gasteiger partial charge in [-0.3, -0.25) is 9.59 Å². The van der Waals surface area contributed by atoms with Crippen LogP contribution in [-0.4, -0.2) is 56.7 Å². The fourth-order valence-electron chi connectivity index (χ4n) is 3.68. The van der Waals surface area contributed by atoms with Gasteiger partial charge >= 0.3 is 5.97 Å². The third kappa shape index (κ3) is 6.98. The number of aromatic amines is 1. The average molecular weight is 547 g/mol. The molecule has 2 heterocycles. The molecule has 10 nitrogen and oxygen atoms in total. The monoisotopic (exact) mass is 546 g/mol. The molecule has 2 amide bonds. The Bertz CT molecular complexity index is 1480. The molecule has 39 heavy (non-hydrogen) atoms. The van der Waals surface area contributed by atoms with Crippen LogP contribution in [0.3, 0.4) is 0 Å². The highest BCUT2D eigenvalue weighted by molar-refractivity contribution is 7.18. The normalized spacial score (nSPS) is 12.7. The van der Waals surface area contributed by atoms with Crippen LogP contribution in [0.25, 0.3) is 38.5 Å². The van der Waals surface area contributed by atoms with Gasteiger partial charge < -0.3 is 31.0 Å². The summed E-state index contributed by atoms with van der Waals surface area (Å²) in [6.45, 7) is 0.868. The van der Waals surface area contributed by atoms with Crippen LogP contribution in [0.4, 0.5) is 0 Å². The second-order valence-electron chi connectivity index (χ2n) is 8.58. The van der Waals surface area contributed by atoms with Crippen LogP contribution in [0.5, 0.6) is 5.75 Å². The van der Waals surface area contributed by atoms with E-state index in [4.69, 9.17) is 20.6 Å². The van der Waals surface area contributed by atoms with E-state index in [9.17, 15) is 19.5 Å². The van der Waals surface area contributed by atoms with Crippen LogP contribution >= 0.6 is 11.3 Å². The summed E-state index contributed by atoms with van der Waals surface area (Å²) in [6, 6.07) is 17.1. The van der Waals surface area contributed by atoms with E-state index in [-0.39, 0.29) is 0 Å². The first-order valence-corrected chi connectivity index (χ1v) is 12.7. The number of aromatic nitrogens is 2. The van der Waals surface area contributed by atoms with Gasteiger partial charge in [-0.1, -0.05) is 24.3 Å². The van der Waals surface area contributed by atoms with Crippen molar-refractivity contribution in [3.8, 4) is 38.1 Å². The summed E-state index contributed by atoms with van der Waals surface area (Å²) < 4.78 is 5.50. The highest BCUT2D eigenvalue weighted by Crippen LogP contribution is 2.40. The van der Waals surface area contributed by atoms with Crippen LogP contribution in [0.2, 0.25) is 0 Å². The van der Waals surface area contributed by atoms with Gasteiger partial charge in [-0.25, -0.2) is 9.78 Å². The quantitative estimate of drug-likeness (QED) is 0.180. The summed E-state index contributed by atoms with van der Waals surface area (Å²) in [5.41, 5.74) is 9.44. The molecular weight excluding hydrogens is 520 g/mol. The second kappa shape index (κ2) is 12.2. The zero-order chi connectivity index (χ0) is 27.9. The van der Waals surface area contributed by atoms with Crippen LogP contribution in [0.1, 0.15) is 12.5 Å². The Kier molecular flexibility index (Phi) is 8.54. The number of carbonyl (C=O) groups excluding carboxylic acids is 2. The van der Waals surface area contributed by atoms with Crippen LogP contribution < -0.4 is 15.8 Å². The zero-order valence-electron chi connectivity index (χ0n) is 20.8. The molecule has 1 unspecified atom stereocenters. The molecule has 0 aliphatic rings. The number of carboxylic acid groups (broad SMARTS) is 1. The number of nitrogens with one attached hydrogen (secondary N) is 2. The standard InChI is InChI=1S/C28H26N4O6S/c1-16(33)24(28(36)37)31-23(35)15-38-20-11-9-18(10-12-20)25-26(39-27(32-25)21-3-2-14-30-21)19-7-4-17(5-8-19)6-13-22(29)34/h2-14,16,24,30,33H,15H2,1H3,(H2,29,34)(H,31,35)(H,36,37)/b13-6+/t16?,24-/m0/s1. The number of hydrogen-bond donors (Lipinski definition) is 5. The summed E-state index contributed by atoms with van der Waals surface area (Å²) in [5, 5.41) is 21.7. The maximum Gasteiger partial charge on any atom is 0.328 e. The summed E-state index contributed by atoms with van der Waals surface area (Å²) in [6.07, 6.45) is 3.53. The van der Waals surface area contributed by atoms with Crippen molar-refractivity contribution in [2.75, 3.05) is 6.61 Å². The number of nitrogens with two attached hydrogens (primary N) is 1. The average Bonchev–Trinajstić information content (AvgIpc) is 3.60. The minimum Gasteiger partial charge on any atom is -0.484 e. The van der Waals surface area contributed by atoms with Gasteiger partial charge in [-0.15, -0.1) is 11.3 Å². The minimum atomic E-state index is -1.42. The third-order valence-corrected chi connectivity index (χ3v) is 6.77. The fourth-order valence-corrected chi connectivity index (χ4v) is 4.76. The van der Waals surface area contributed by atoms with Crippen molar-refractivity contribution in [1.82, 2.24) is 15.3 Å². The number of rotatable bonds is 11. The van der Waals surface area contributed by atoms with E-state index >= 15 is 0 Å². The van der Waals surface area contributed by atoms with Gasteiger partial charge in [-0.2, -0.15) is 0 Å². The number of hydrogen-bond acceptors (Lipinski definition) is 7. The molecule has 0 saturated heterocycles. The number of aliphatic hydroxyl groups is 1. The van der Waals surface area contributed by atoms with Gasteiger partial charge in [0.1, 0.15) is 10.8 Å². The molecule has 0 fully saturated rings. The Hall–Kier alpha value is -4.74. The van der Waals surface area contributed by atoms with Gasteiger partial charge in [0.05, 0.1) is 22.4 Å². The van der Waals surface area contributed by atoms with Crippen molar-refractivity contribution in [2.45, 2.75) is 19.1 Å². The Labute approximate surface area is 227 Å². The lowest BCUT2D eigenvalue weighted by Gasteiger charge is -2.17. The van der Waals surface area contributed by atoms with Gasteiger partial charge in [0.15, 0.2) is 12.6 Å². The highest BCUT2D eigenvalue weighted by atomic mass is 32.1.